The molecule has 0 radical (unpaired) electrons. The molecule has 0 aliphatic rings. The summed E-state index contributed by atoms with van der Waals surface area (Å²) in [5.41, 5.74) is -1.75. The Morgan fingerprint density at radius 3 is 1.94 bits per heavy atom. The van der Waals surface area contributed by atoms with Gasteiger partial charge < -0.3 is 0 Å². The van der Waals surface area contributed by atoms with Crippen LogP contribution in [0.15, 0.2) is 18.2 Å². The van der Waals surface area contributed by atoms with E-state index in [0.29, 0.717) is 12.1 Å². The summed E-state index contributed by atoms with van der Waals surface area (Å²) in [6.45, 7) is 0. The van der Waals surface area contributed by atoms with E-state index in [0.717, 1.165) is 6.07 Å². The fourth-order valence-corrected chi connectivity index (χ4v) is 2.17. The molecule has 0 spiro atoms. The van der Waals surface area contributed by atoms with Crippen molar-refractivity contribution in [3.63, 3.8) is 0 Å². The molecular formula is C6H5AsN2O7. The SMILES string of the molecule is O=[N+]([O-])c1ccc([As](=O)(O)O)cc1[N+](=O)[O-]. The summed E-state index contributed by atoms with van der Waals surface area (Å²) in [4.78, 5) is 18.8. The van der Waals surface area contributed by atoms with Gasteiger partial charge in [0.2, 0.25) is 0 Å². The van der Waals surface area contributed by atoms with Crippen molar-refractivity contribution in [3.8, 4) is 0 Å². The number of benzene rings is 1. The van der Waals surface area contributed by atoms with Gasteiger partial charge in [0.15, 0.2) is 0 Å². The van der Waals surface area contributed by atoms with Crippen molar-refractivity contribution in [2.75, 3.05) is 0 Å². The summed E-state index contributed by atoms with van der Waals surface area (Å²) in [6.07, 6.45) is 0. The third-order valence-electron chi connectivity index (χ3n) is 1.69. The van der Waals surface area contributed by atoms with Crippen LogP contribution in [0.3, 0.4) is 0 Å². The van der Waals surface area contributed by atoms with Crippen molar-refractivity contribution in [2.24, 2.45) is 0 Å². The summed E-state index contributed by atoms with van der Waals surface area (Å²) in [5.74, 6) is 0. The van der Waals surface area contributed by atoms with Crippen molar-refractivity contribution in [1.29, 1.82) is 0 Å². The van der Waals surface area contributed by atoms with Crippen LogP contribution in [0.25, 0.3) is 0 Å². The molecular weight excluding hydrogens is 287 g/mol. The van der Waals surface area contributed by atoms with Gasteiger partial charge in [-0.15, -0.1) is 0 Å². The van der Waals surface area contributed by atoms with E-state index in [1.54, 1.807) is 0 Å². The van der Waals surface area contributed by atoms with Gasteiger partial charge in [0.25, 0.3) is 0 Å². The molecule has 0 amide bonds. The fourth-order valence-electron chi connectivity index (χ4n) is 0.994. The molecule has 0 fully saturated rings. The number of nitro benzene ring substituents is 2. The molecule has 10 heteroatoms. The summed E-state index contributed by atoms with van der Waals surface area (Å²) in [7, 11) is 0. The third kappa shape index (κ3) is 2.45. The molecule has 0 bridgehead atoms. The first kappa shape index (κ1) is 12.4. The van der Waals surface area contributed by atoms with Crippen molar-refractivity contribution in [2.45, 2.75) is 0 Å². The Kier molecular flexibility index (Phi) is 3.13. The van der Waals surface area contributed by atoms with Gasteiger partial charge in [0, 0.05) is 0 Å². The average molecular weight is 292 g/mol. The minimum atomic E-state index is -5.28. The van der Waals surface area contributed by atoms with Gasteiger partial charge >= 0.3 is 90.1 Å². The Balaban J connectivity index is 3.46. The number of nitrogens with zero attached hydrogens (tertiary/aromatic N) is 2. The van der Waals surface area contributed by atoms with Gasteiger partial charge in [-0.1, -0.05) is 0 Å². The van der Waals surface area contributed by atoms with Gasteiger partial charge in [0.05, 0.1) is 0 Å². The van der Waals surface area contributed by atoms with E-state index in [9.17, 15) is 24.0 Å². The number of hydrogen-bond donors (Lipinski definition) is 2. The van der Waals surface area contributed by atoms with E-state index in [4.69, 9.17) is 8.19 Å². The molecule has 1 rings (SSSR count). The monoisotopic (exact) mass is 292 g/mol. The van der Waals surface area contributed by atoms with Crippen LogP contribution in [0.1, 0.15) is 0 Å². The molecule has 0 aliphatic carbocycles. The molecule has 1 aromatic rings. The summed E-state index contributed by atoms with van der Waals surface area (Å²) < 4.78 is 27.9. The van der Waals surface area contributed by atoms with Crippen molar-refractivity contribution < 1.29 is 21.8 Å². The molecule has 0 atom stereocenters. The summed E-state index contributed by atoms with van der Waals surface area (Å²) in [6, 6.07) is 2.04. The first-order valence-electron chi connectivity index (χ1n) is 3.72. The Morgan fingerprint density at radius 2 is 1.56 bits per heavy atom. The normalized spacial score (nSPS) is 11.1. The number of hydrogen-bond acceptors (Lipinski definition) is 5. The molecule has 0 heterocycles. The van der Waals surface area contributed by atoms with Gasteiger partial charge in [0.1, 0.15) is 0 Å². The van der Waals surface area contributed by atoms with E-state index in [1.807, 2.05) is 0 Å². The number of rotatable bonds is 3. The predicted octanol–water partition coefficient (Wildman–Crippen LogP) is -0.936. The van der Waals surface area contributed by atoms with E-state index in [-0.39, 0.29) is 0 Å². The Hall–Kier alpha value is -1.70. The Morgan fingerprint density at radius 1 is 1.06 bits per heavy atom. The second-order valence-corrected chi connectivity index (χ2v) is 6.10. The maximum absolute atomic E-state index is 10.9. The van der Waals surface area contributed by atoms with E-state index >= 15 is 0 Å². The molecule has 86 valence electrons. The topological polar surface area (TPSA) is 144 Å². The number of nitro groups is 2. The maximum atomic E-state index is 10.9. The first-order chi connectivity index (χ1) is 7.23. The van der Waals surface area contributed by atoms with Crippen molar-refractivity contribution in [1.82, 2.24) is 0 Å². The second-order valence-electron chi connectivity index (χ2n) is 2.73. The molecule has 2 N–H and O–H groups in total. The van der Waals surface area contributed by atoms with Crippen molar-refractivity contribution in [3.05, 3.63) is 38.4 Å². The van der Waals surface area contributed by atoms with Crippen LogP contribution in [0.5, 0.6) is 0 Å². The van der Waals surface area contributed by atoms with Crippen LogP contribution in [-0.4, -0.2) is 32.2 Å². The molecule has 1 aromatic carbocycles. The zero-order valence-electron chi connectivity index (χ0n) is 7.51. The molecule has 0 aliphatic heterocycles. The quantitative estimate of drug-likeness (QED) is 0.415. The van der Waals surface area contributed by atoms with Crippen LogP contribution in [0.4, 0.5) is 11.4 Å². The van der Waals surface area contributed by atoms with E-state index in [2.05, 4.69) is 0 Å². The van der Waals surface area contributed by atoms with Crippen molar-refractivity contribution >= 4 is 29.9 Å². The third-order valence-corrected chi connectivity index (χ3v) is 3.68. The molecule has 0 aromatic heterocycles. The van der Waals surface area contributed by atoms with E-state index < -0.39 is 39.7 Å². The van der Waals surface area contributed by atoms with Gasteiger partial charge in [-0.05, 0) is 0 Å². The van der Waals surface area contributed by atoms with Crippen LogP contribution in [0.2, 0.25) is 0 Å². The standard InChI is InChI=1S/C6H5AsN2O7/c10-7(11,12)4-1-2-5(8(13)14)6(3-4)9(15)16/h1-3H,(H2,10,11,12). The van der Waals surface area contributed by atoms with Crippen LogP contribution >= 0.6 is 0 Å². The minimum absolute atomic E-state index is 0.526. The van der Waals surface area contributed by atoms with Crippen LogP contribution < -0.4 is 4.35 Å². The molecule has 0 unspecified atom stereocenters. The molecule has 16 heavy (non-hydrogen) atoms. The predicted molar refractivity (Wildman–Crippen MR) is 50.3 cm³/mol. The zero-order chi connectivity index (χ0) is 12.5. The fraction of sp³-hybridized carbons (Fsp3) is 0. The zero-order valence-corrected chi connectivity index (χ0v) is 9.39. The first-order valence-corrected chi connectivity index (χ1v) is 7.10. The summed E-state index contributed by atoms with van der Waals surface area (Å²) in [5, 5.41) is 20.9. The summed E-state index contributed by atoms with van der Waals surface area (Å²) >= 11 is -5.28. The Bertz CT molecular complexity index is 508. The van der Waals surface area contributed by atoms with Gasteiger partial charge in [-0.2, -0.15) is 0 Å². The van der Waals surface area contributed by atoms with Crippen LogP contribution in [-0.2, 0) is 3.74 Å². The molecule has 0 saturated heterocycles. The van der Waals surface area contributed by atoms with Gasteiger partial charge in [-0.25, -0.2) is 0 Å². The Labute approximate surface area is 90.6 Å². The second kappa shape index (κ2) is 4.05. The van der Waals surface area contributed by atoms with E-state index in [1.165, 1.54) is 0 Å². The average Bonchev–Trinajstić information content (AvgIpc) is 2.15. The molecule has 0 saturated carbocycles. The van der Waals surface area contributed by atoms with Gasteiger partial charge in [-0.3, -0.25) is 0 Å². The van der Waals surface area contributed by atoms with Crippen LogP contribution in [0, 0.1) is 20.2 Å². The molecule has 9 nitrogen and oxygen atoms in total.